The van der Waals surface area contributed by atoms with Crippen molar-refractivity contribution in [3.63, 3.8) is 0 Å². The lowest BCUT2D eigenvalue weighted by Gasteiger charge is -2.15. The molecule has 3 nitrogen and oxygen atoms in total. The second kappa shape index (κ2) is 4.82. The Morgan fingerprint density at radius 3 is 3.00 bits per heavy atom. The van der Waals surface area contributed by atoms with Gasteiger partial charge in [0, 0.05) is 20.1 Å². The van der Waals surface area contributed by atoms with Crippen LogP contribution in [0.1, 0.15) is 5.56 Å². The van der Waals surface area contributed by atoms with Gasteiger partial charge in [0.05, 0.1) is 11.0 Å². The van der Waals surface area contributed by atoms with Gasteiger partial charge in [0.15, 0.2) is 5.96 Å². The Morgan fingerprint density at radius 1 is 1.56 bits per heavy atom. The molecule has 0 amide bonds. The van der Waals surface area contributed by atoms with Crippen LogP contribution in [0, 0.1) is 5.82 Å². The fourth-order valence-electron chi connectivity index (χ4n) is 1.55. The van der Waals surface area contributed by atoms with E-state index in [-0.39, 0.29) is 5.82 Å². The minimum Gasteiger partial charge on any atom is -0.352 e. The smallest absolute Gasteiger partial charge is 0.194 e. The third-order valence-electron chi connectivity index (χ3n) is 2.49. The zero-order valence-electron chi connectivity index (χ0n) is 9.00. The molecule has 0 fully saturated rings. The van der Waals surface area contributed by atoms with Crippen molar-refractivity contribution in [2.75, 3.05) is 20.1 Å². The van der Waals surface area contributed by atoms with Gasteiger partial charge in [-0.2, -0.15) is 0 Å². The Balaban J connectivity index is 1.97. The van der Waals surface area contributed by atoms with E-state index in [4.69, 9.17) is 0 Å². The van der Waals surface area contributed by atoms with Gasteiger partial charge in [0.2, 0.25) is 0 Å². The second-order valence-corrected chi connectivity index (χ2v) is 4.58. The van der Waals surface area contributed by atoms with Gasteiger partial charge < -0.3 is 10.2 Å². The van der Waals surface area contributed by atoms with Gasteiger partial charge in [-0.3, -0.25) is 4.99 Å². The summed E-state index contributed by atoms with van der Waals surface area (Å²) in [4.78, 5) is 6.35. The van der Waals surface area contributed by atoms with Crippen LogP contribution in [0.25, 0.3) is 0 Å². The molecule has 1 N–H and O–H groups in total. The summed E-state index contributed by atoms with van der Waals surface area (Å²) in [5.41, 5.74) is 0.906. The number of rotatable bonds is 2. The van der Waals surface area contributed by atoms with E-state index in [0.29, 0.717) is 11.0 Å². The van der Waals surface area contributed by atoms with Crippen molar-refractivity contribution in [2.45, 2.75) is 6.54 Å². The highest BCUT2D eigenvalue weighted by Gasteiger charge is 2.11. The van der Waals surface area contributed by atoms with E-state index in [1.165, 1.54) is 6.07 Å². The van der Waals surface area contributed by atoms with Gasteiger partial charge in [-0.25, -0.2) is 4.39 Å². The van der Waals surface area contributed by atoms with Gasteiger partial charge in [-0.15, -0.1) is 0 Å². The van der Waals surface area contributed by atoms with E-state index in [2.05, 4.69) is 31.1 Å². The predicted molar refractivity (Wildman–Crippen MR) is 65.9 cm³/mol. The second-order valence-electron chi connectivity index (χ2n) is 3.73. The van der Waals surface area contributed by atoms with E-state index in [0.717, 1.165) is 24.6 Å². The fraction of sp³-hybridized carbons (Fsp3) is 0.364. The molecule has 0 unspecified atom stereocenters. The van der Waals surface area contributed by atoms with Crippen LogP contribution in [-0.2, 0) is 6.54 Å². The Hall–Kier alpha value is -1.10. The summed E-state index contributed by atoms with van der Waals surface area (Å²) < 4.78 is 13.7. The Kier molecular flexibility index (Phi) is 3.43. The normalized spacial score (nSPS) is 15.2. The highest BCUT2D eigenvalue weighted by molar-refractivity contribution is 9.10. The first-order valence-corrected chi connectivity index (χ1v) is 5.89. The first-order valence-electron chi connectivity index (χ1n) is 5.10. The summed E-state index contributed by atoms with van der Waals surface area (Å²) in [6.07, 6.45) is 0. The topological polar surface area (TPSA) is 27.6 Å². The van der Waals surface area contributed by atoms with Crippen molar-refractivity contribution in [3.8, 4) is 0 Å². The lowest BCUT2D eigenvalue weighted by Crippen LogP contribution is -2.35. The van der Waals surface area contributed by atoms with Gasteiger partial charge in [-0.1, -0.05) is 6.07 Å². The molecule has 1 aromatic rings. The van der Waals surface area contributed by atoms with Gasteiger partial charge >= 0.3 is 0 Å². The minimum atomic E-state index is -0.235. The molecule has 16 heavy (non-hydrogen) atoms. The number of guanidine groups is 1. The van der Waals surface area contributed by atoms with Crippen LogP contribution in [0.3, 0.4) is 0 Å². The molecule has 0 atom stereocenters. The number of likely N-dealkylation sites (N-methyl/N-ethyl adjacent to an activating group) is 1. The molecule has 0 saturated carbocycles. The number of aliphatic imine (C=N–C) groups is 1. The zero-order valence-corrected chi connectivity index (χ0v) is 10.6. The van der Waals surface area contributed by atoms with Crippen molar-refractivity contribution in [3.05, 3.63) is 34.1 Å². The Morgan fingerprint density at radius 2 is 2.38 bits per heavy atom. The lowest BCUT2D eigenvalue weighted by atomic mass is 10.2. The highest BCUT2D eigenvalue weighted by atomic mass is 79.9. The number of halogens is 2. The van der Waals surface area contributed by atoms with E-state index in [1.807, 2.05) is 13.1 Å². The third-order valence-corrected chi connectivity index (χ3v) is 3.14. The van der Waals surface area contributed by atoms with Crippen molar-refractivity contribution in [2.24, 2.45) is 4.99 Å². The fourth-order valence-corrected chi connectivity index (χ4v) is 1.80. The summed E-state index contributed by atoms with van der Waals surface area (Å²) in [7, 11) is 1.99. The molecule has 0 radical (unpaired) electrons. The van der Waals surface area contributed by atoms with Crippen molar-refractivity contribution in [1.82, 2.24) is 10.2 Å². The molecule has 0 bridgehead atoms. The van der Waals surface area contributed by atoms with Crippen molar-refractivity contribution < 1.29 is 4.39 Å². The maximum absolute atomic E-state index is 13.2. The number of benzene rings is 1. The molecule has 1 heterocycles. The molecule has 1 aliphatic heterocycles. The van der Waals surface area contributed by atoms with E-state index >= 15 is 0 Å². The molecule has 5 heteroatoms. The molecule has 86 valence electrons. The SMILES string of the molecule is CN1CCN=C1NCc1ccc(Br)c(F)c1. The minimum absolute atomic E-state index is 0.235. The van der Waals surface area contributed by atoms with Crippen LogP contribution in [0.15, 0.2) is 27.7 Å². The molecule has 0 saturated heterocycles. The molecule has 0 spiro atoms. The molecule has 0 aliphatic carbocycles. The number of hydrogen-bond acceptors (Lipinski definition) is 3. The molecular formula is C11H13BrFN3. The van der Waals surface area contributed by atoms with Gasteiger partial charge in [0.1, 0.15) is 5.82 Å². The van der Waals surface area contributed by atoms with Crippen molar-refractivity contribution >= 4 is 21.9 Å². The first kappa shape index (κ1) is 11.4. The van der Waals surface area contributed by atoms with E-state index in [1.54, 1.807) is 6.07 Å². The first-order chi connectivity index (χ1) is 7.66. The maximum Gasteiger partial charge on any atom is 0.194 e. The van der Waals surface area contributed by atoms with Crippen LogP contribution in [0.4, 0.5) is 4.39 Å². The molecule has 2 rings (SSSR count). The zero-order chi connectivity index (χ0) is 11.5. The number of nitrogens with one attached hydrogen (secondary N) is 1. The maximum atomic E-state index is 13.2. The van der Waals surface area contributed by atoms with Gasteiger partial charge in [0.25, 0.3) is 0 Å². The van der Waals surface area contributed by atoms with Crippen LogP contribution in [0.5, 0.6) is 0 Å². The summed E-state index contributed by atoms with van der Waals surface area (Å²) >= 11 is 3.13. The number of nitrogens with zero attached hydrogens (tertiary/aromatic N) is 2. The van der Waals surface area contributed by atoms with E-state index < -0.39 is 0 Å². The van der Waals surface area contributed by atoms with Crippen LogP contribution in [0.2, 0.25) is 0 Å². The predicted octanol–water partition coefficient (Wildman–Crippen LogP) is 1.98. The molecule has 1 aromatic carbocycles. The number of hydrogen-bond donors (Lipinski definition) is 1. The summed E-state index contributed by atoms with van der Waals surface area (Å²) in [6, 6.07) is 5.12. The largest absolute Gasteiger partial charge is 0.352 e. The van der Waals surface area contributed by atoms with Crippen LogP contribution >= 0.6 is 15.9 Å². The Labute approximate surface area is 102 Å². The van der Waals surface area contributed by atoms with Crippen LogP contribution < -0.4 is 5.32 Å². The summed E-state index contributed by atoms with van der Waals surface area (Å²) in [5, 5.41) is 3.19. The molecule has 1 aliphatic rings. The lowest BCUT2D eigenvalue weighted by molar-refractivity contribution is 0.533. The highest BCUT2D eigenvalue weighted by Crippen LogP contribution is 2.16. The average molecular weight is 286 g/mol. The third kappa shape index (κ3) is 2.52. The quantitative estimate of drug-likeness (QED) is 0.900. The standard InChI is InChI=1S/C11H13BrFN3/c1-16-5-4-14-11(16)15-7-8-2-3-9(12)10(13)6-8/h2-3,6H,4-5,7H2,1H3,(H,14,15). The van der Waals surface area contributed by atoms with Crippen molar-refractivity contribution in [1.29, 1.82) is 0 Å². The van der Waals surface area contributed by atoms with Gasteiger partial charge in [-0.05, 0) is 33.6 Å². The Bertz CT molecular complexity index is 420. The summed E-state index contributed by atoms with van der Waals surface area (Å²) in [6.45, 7) is 2.36. The molecule has 0 aromatic heterocycles. The summed E-state index contributed by atoms with van der Waals surface area (Å²) in [5.74, 6) is 0.643. The average Bonchev–Trinajstić information content (AvgIpc) is 2.66. The van der Waals surface area contributed by atoms with E-state index in [9.17, 15) is 4.39 Å². The monoisotopic (exact) mass is 285 g/mol. The van der Waals surface area contributed by atoms with Crippen LogP contribution in [-0.4, -0.2) is 31.0 Å². The molecular weight excluding hydrogens is 273 g/mol.